The minimum atomic E-state index is -0.356. The summed E-state index contributed by atoms with van der Waals surface area (Å²) in [5.41, 5.74) is 1.19. The highest BCUT2D eigenvalue weighted by Crippen LogP contribution is 2.25. The van der Waals surface area contributed by atoms with E-state index in [4.69, 9.17) is 16.3 Å². The fourth-order valence-corrected chi connectivity index (χ4v) is 1.83. The molecule has 0 aromatic heterocycles. The third-order valence-electron chi connectivity index (χ3n) is 2.67. The molecule has 0 fully saturated rings. The molecule has 3 nitrogen and oxygen atoms in total. The van der Waals surface area contributed by atoms with Gasteiger partial charge in [0.05, 0.1) is 17.8 Å². The zero-order chi connectivity index (χ0) is 13.8. The summed E-state index contributed by atoms with van der Waals surface area (Å²) in [5.74, 6) is 0.247. The molecule has 0 bridgehead atoms. The van der Waals surface area contributed by atoms with E-state index in [2.05, 4.69) is 5.32 Å². The Bertz CT molecular complexity index is 590. The second-order valence-corrected chi connectivity index (χ2v) is 4.39. The van der Waals surface area contributed by atoms with Gasteiger partial charge in [0.2, 0.25) is 0 Å². The van der Waals surface area contributed by atoms with Crippen LogP contribution in [0.2, 0.25) is 5.02 Å². The number of nitrogens with one attached hydrogen (secondary N) is 1. The summed E-state index contributed by atoms with van der Waals surface area (Å²) in [7, 11) is 1.52. The van der Waals surface area contributed by atoms with Crippen molar-refractivity contribution in [2.24, 2.45) is 0 Å². The highest BCUT2D eigenvalue weighted by molar-refractivity contribution is 6.32. The quantitative estimate of drug-likeness (QED) is 0.895. The number of rotatable bonds is 4. The number of methoxy groups -OCH3 is 1. The SMILES string of the molecule is COc1ccc(F)c(NCc2ccc(O)c(Cl)c2)c1. The molecule has 0 amide bonds. The molecular formula is C14H13ClFNO2. The summed E-state index contributed by atoms with van der Waals surface area (Å²) in [4.78, 5) is 0. The van der Waals surface area contributed by atoms with Gasteiger partial charge in [0.25, 0.3) is 0 Å². The molecule has 0 unspecified atom stereocenters. The Morgan fingerprint density at radius 2 is 2.05 bits per heavy atom. The highest BCUT2D eigenvalue weighted by atomic mass is 35.5. The maximum atomic E-state index is 13.6. The van der Waals surface area contributed by atoms with E-state index in [0.29, 0.717) is 18.0 Å². The highest BCUT2D eigenvalue weighted by Gasteiger charge is 2.05. The van der Waals surface area contributed by atoms with E-state index in [1.54, 1.807) is 24.3 Å². The number of phenolic OH excluding ortho intramolecular Hbond substituents is 1. The smallest absolute Gasteiger partial charge is 0.146 e. The zero-order valence-corrected chi connectivity index (χ0v) is 11.0. The lowest BCUT2D eigenvalue weighted by molar-refractivity contribution is 0.414. The van der Waals surface area contributed by atoms with Crippen molar-refractivity contribution in [1.29, 1.82) is 0 Å². The normalized spacial score (nSPS) is 10.3. The molecule has 5 heteroatoms. The van der Waals surface area contributed by atoms with Crippen LogP contribution in [0.1, 0.15) is 5.56 Å². The molecule has 0 saturated heterocycles. The zero-order valence-electron chi connectivity index (χ0n) is 10.3. The fourth-order valence-electron chi connectivity index (χ4n) is 1.62. The molecule has 2 N–H and O–H groups in total. The summed E-state index contributed by atoms with van der Waals surface area (Å²) >= 11 is 5.80. The van der Waals surface area contributed by atoms with Gasteiger partial charge in [0.15, 0.2) is 0 Å². The maximum Gasteiger partial charge on any atom is 0.146 e. The molecule has 0 aliphatic rings. The predicted octanol–water partition coefficient (Wildman–Crippen LogP) is 3.81. The van der Waals surface area contributed by atoms with Gasteiger partial charge in [-0.2, -0.15) is 0 Å². The van der Waals surface area contributed by atoms with Crippen molar-refractivity contribution >= 4 is 17.3 Å². The van der Waals surface area contributed by atoms with Crippen LogP contribution in [0.25, 0.3) is 0 Å². The van der Waals surface area contributed by atoms with Crippen molar-refractivity contribution in [2.75, 3.05) is 12.4 Å². The first-order chi connectivity index (χ1) is 9.10. The first-order valence-electron chi connectivity index (χ1n) is 5.65. The Morgan fingerprint density at radius 3 is 2.74 bits per heavy atom. The van der Waals surface area contributed by atoms with Gasteiger partial charge in [-0.1, -0.05) is 17.7 Å². The Labute approximate surface area is 115 Å². The predicted molar refractivity (Wildman–Crippen MR) is 73.4 cm³/mol. The van der Waals surface area contributed by atoms with Gasteiger partial charge in [0.1, 0.15) is 17.3 Å². The Balaban J connectivity index is 2.11. The summed E-state index contributed by atoms with van der Waals surface area (Å²) < 4.78 is 18.6. The van der Waals surface area contributed by atoms with E-state index < -0.39 is 0 Å². The first kappa shape index (κ1) is 13.5. The Morgan fingerprint density at radius 1 is 1.26 bits per heavy atom. The molecule has 100 valence electrons. The van der Waals surface area contributed by atoms with Crippen molar-refractivity contribution < 1.29 is 14.2 Å². The van der Waals surface area contributed by atoms with E-state index in [9.17, 15) is 9.50 Å². The van der Waals surface area contributed by atoms with Crippen molar-refractivity contribution in [2.45, 2.75) is 6.54 Å². The van der Waals surface area contributed by atoms with E-state index in [-0.39, 0.29) is 16.6 Å². The molecule has 0 aliphatic heterocycles. The van der Waals surface area contributed by atoms with Crippen LogP contribution in [0.15, 0.2) is 36.4 Å². The van der Waals surface area contributed by atoms with Crippen molar-refractivity contribution in [3.8, 4) is 11.5 Å². The van der Waals surface area contributed by atoms with Crippen molar-refractivity contribution in [3.63, 3.8) is 0 Å². The lowest BCUT2D eigenvalue weighted by Crippen LogP contribution is -2.01. The van der Waals surface area contributed by atoms with Crippen LogP contribution in [0.5, 0.6) is 11.5 Å². The average molecular weight is 282 g/mol. The first-order valence-corrected chi connectivity index (χ1v) is 6.03. The molecule has 0 atom stereocenters. The van der Waals surface area contributed by atoms with E-state index in [0.717, 1.165) is 5.56 Å². The number of ether oxygens (including phenoxy) is 1. The van der Waals surface area contributed by atoms with Gasteiger partial charge in [-0.15, -0.1) is 0 Å². The second-order valence-electron chi connectivity index (χ2n) is 3.99. The van der Waals surface area contributed by atoms with Gasteiger partial charge in [-0.25, -0.2) is 4.39 Å². The van der Waals surface area contributed by atoms with Gasteiger partial charge in [0, 0.05) is 12.6 Å². The minimum absolute atomic E-state index is 0.0259. The molecule has 2 aromatic rings. The molecule has 0 aliphatic carbocycles. The largest absolute Gasteiger partial charge is 0.506 e. The van der Waals surface area contributed by atoms with Crippen LogP contribution < -0.4 is 10.1 Å². The summed E-state index contributed by atoms with van der Waals surface area (Å²) in [5, 5.41) is 12.5. The number of phenols is 1. The average Bonchev–Trinajstić information content (AvgIpc) is 2.41. The Hall–Kier alpha value is -1.94. The lowest BCUT2D eigenvalue weighted by atomic mass is 10.2. The van der Waals surface area contributed by atoms with E-state index >= 15 is 0 Å². The van der Waals surface area contributed by atoms with Crippen LogP contribution in [-0.2, 0) is 6.54 Å². The van der Waals surface area contributed by atoms with Crippen LogP contribution in [0, 0.1) is 5.82 Å². The molecule has 2 aromatic carbocycles. The van der Waals surface area contributed by atoms with Gasteiger partial charge < -0.3 is 15.2 Å². The minimum Gasteiger partial charge on any atom is -0.506 e. The van der Waals surface area contributed by atoms with Crippen LogP contribution in [0.4, 0.5) is 10.1 Å². The summed E-state index contributed by atoms with van der Waals surface area (Å²) in [6.45, 7) is 0.393. The Kier molecular flexibility index (Phi) is 4.12. The van der Waals surface area contributed by atoms with Gasteiger partial charge in [-0.05, 0) is 29.8 Å². The van der Waals surface area contributed by atoms with Crippen LogP contribution >= 0.6 is 11.6 Å². The van der Waals surface area contributed by atoms with Gasteiger partial charge >= 0.3 is 0 Å². The van der Waals surface area contributed by atoms with E-state index in [1.807, 2.05) is 0 Å². The molecule has 2 rings (SSSR count). The number of hydrogen-bond acceptors (Lipinski definition) is 3. The molecule has 0 spiro atoms. The number of anilines is 1. The van der Waals surface area contributed by atoms with Gasteiger partial charge in [-0.3, -0.25) is 0 Å². The molecular weight excluding hydrogens is 269 g/mol. The van der Waals surface area contributed by atoms with E-state index in [1.165, 1.54) is 19.2 Å². The molecule has 19 heavy (non-hydrogen) atoms. The van der Waals surface area contributed by atoms with Crippen molar-refractivity contribution in [3.05, 3.63) is 52.8 Å². The monoisotopic (exact) mass is 281 g/mol. The number of aromatic hydroxyl groups is 1. The van der Waals surface area contributed by atoms with Crippen LogP contribution in [-0.4, -0.2) is 12.2 Å². The van der Waals surface area contributed by atoms with Crippen molar-refractivity contribution in [1.82, 2.24) is 0 Å². The third-order valence-corrected chi connectivity index (χ3v) is 2.97. The number of halogens is 2. The maximum absolute atomic E-state index is 13.6. The summed E-state index contributed by atoms with van der Waals surface area (Å²) in [6, 6.07) is 9.32. The van der Waals surface area contributed by atoms with Crippen LogP contribution in [0.3, 0.4) is 0 Å². The second kappa shape index (κ2) is 5.80. The number of hydrogen-bond donors (Lipinski definition) is 2. The molecule has 0 heterocycles. The standard InChI is InChI=1S/C14H13ClFNO2/c1-19-10-3-4-12(16)13(7-10)17-8-9-2-5-14(18)11(15)6-9/h2-7,17-18H,8H2,1H3. The number of benzene rings is 2. The topological polar surface area (TPSA) is 41.5 Å². The third kappa shape index (κ3) is 3.29. The summed E-state index contributed by atoms with van der Waals surface area (Å²) in [6.07, 6.45) is 0. The fraction of sp³-hybridized carbons (Fsp3) is 0.143. The molecule has 0 radical (unpaired) electrons. The molecule has 0 saturated carbocycles. The lowest BCUT2D eigenvalue weighted by Gasteiger charge is -2.10.